The molecule has 1 saturated carbocycles. The lowest BCUT2D eigenvalue weighted by Gasteiger charge is -2.37. The van der Waals surface area contributed by atoms with E-state index in [1.54, 1.807) is 0 Å². The highest BCUT2D eigenvalue weighted by molar-refractivity contribution is 5.78. The van der Waals surface area contributed by atoms with Crippen molar-refractivity contribution >= 4 is 5.84 Å². The first-order valence-electron chi connectivity index (χ1n) is 6.19. The van der Waals surface area contributed by atoms with Gasteiger partial charge in [-0.15, -0.1) is 0 Å². The molecule has 1 rings (SSSR count). The fourth-order valence-electron chi connectivity index (χ4n) is 2.30. The molecule has 0 aromatic carbocycles. The summed E-state index contributed by atoms with van der Waals surface area (Å²) in [6, 6.07) is 0.553. The second-order valence-corrected chi connectivity index (χ2v) is 6.66. The van der Waals surface area contributed by atoms with Crippen LogP contribution in [0.4, 0.5) is 0 Å². The van der Waals surface area contributed by atoms with Crippen LogP contribution in [0.3, 0.4) is 0 Å². The third-order valence-electron chi connectivity index (χ3n) is 4.02. The molecule has 0 heterocycles. The molecule has 1 unspecified atom stereocenters. The van der Waals surface area contributed by atoms with Crippen molar-refractivity contribution in [2.45, 2.75) is 53.0 Å². The predicted octanol–water partition coefficient (Wildman–Crippen LogP) is 2.46. The SMILES string of the molecule is CC(N(C)CC1(CC(=N)N)CC1)C(C)(C)C. The van der Waals surface area contributed by atoms with Crippen LogP contribution < -0.4 is 5.73 Å². The average Bonchev–Trinajstić information content (AvgIpc) is 2.80. The Morgan fingerprint density at radius 1 is 1.44 bits per heavy atom. The monoisotopic (exact) mass is 225 g/mol. The smallest absolute Gasteiger partial charge is 0.0911 e. The van der Waals surface area contributed by atoms with Crippen molar-refractivity contribution in [3.05, 3.63) is 0 Å². The zero-order chi connectivity index (χ0) is 12.6. The van der Waals surface area contributed by atoms with Crippen LogP contribution in [-0.2, 0) is 0 Å². The molecule has 3 heteroatoms. The molecule has 0 radical (unpaired) electrons. The van der Waals surface area contributed by atoms with Gasteiger partial charge in [-0.1, -0.05) is 20.8 Å². The summed E-state index contributed by atoms with van der Waals surface area (Å²) in [5, 5.41) is 7.42. The second-order valence-electron chi connectivity index (χ2n) is 6.66. The molecule has 0 aromatic rings. The van der Waals surface area contributed by atoms with Gasteiger partial charge in [0, 0.05) is 19.0 Å². The fraction of sp³-hybridized carbons (Fsp3) is 0.923. The van der Waals surface area contributed by atoms with Crippen LogP contribution in [0.5, 0.6) is 0 Å². The molecule has 94 valence electrons. The molecule has 0 aliphatic heterocycles. The number of nitrogens with one attached hydrogen (secondary N) is 1. The molecular formula is C13H27N3. The van der Waals surface area contributed by atoms with Crippen molar-refractivity contribution in [1.82, 2.24) is 4.90 Å². The first kappa shape index (κ1) is 13.5. The third kappa shape index (κ3) is 3.48. The number of rotatable bonds is 5. The van der Waals surface area contributed by atoms with Gasteiger partial charge < -0.3 is 10.6 Å². The Kier molecular flexibility index (Phi) is 3.68. The summed E-state index contributed by atoms with van der Waals surface area (Å²) in [6.07, 6.45) is 3.23. The maximum Gasteiger partial charge on any atom is 0.0911 e. The zero-order valence-corrected chi connectivity index (χ0v) is 11.4. The predicted molar refractivity (Wildman–Crippen MR) is 69.7 cm³/mol. The standard InChI is InChI=1S/C13H27N3/c1-10(12(2,3)4)16(5)9-13(6-7-13)8-11(14)15/h10H,6-9H2,1-5H3,(H3,14,15). The molecule has 1 aliphatic rings. The van der Waals surface area contributed by atoms with Crippen molar-refractivity contribution in [2.24, 2.45) is 16.6 Å². The van der Waals surface area contributed by atoms with Crippen molar-refractivity contribution < 1.29 is 0 Å². The van der Waals surface area contributed by atoms with Gasteiger partial charge in [0.15, 0.2) is 0 Å². The first-order valence-corrected chi connectivity index (χ1v) is 6.19. The number of hydrogen-bond donors (Lipinski definition) is 2. The minimum Gasteiger partial charge on any atom is -0.388 e. The van der Waals surface area contributed by atoms with Gasteiger partial charge in [-0.25, -0.2) is 0 Å². The molecule has 16 heavy (non-hydrogen) atoms. The maximum absolute atomic E-state index is 7.42. The molecule has 0 spiro atoms. The quantitative estimate of drug-likeness (QED) is 0.558. The Labute approximate surface area is 99.9 Å². The van der Waals surface area contributed by atoms with Gasteiger partial charge in [0.05, 0.1) is 5.84 Å². The van der Waals surface area contributed by atoms with E-state index in [9.17, 15) is 0 Å². The van der Waals surface area contributed by atoms with Crippen LogP contribution in [0.25, 0.3) is 0 Å². The molecule has 0 saturated heterocycles. The number of amidine groups is 1. The average molecular weight is 225 g/mol. The zero-order valence-electron chi connectivity index (χ0n) is 11.4. The van der Waals surface area contributed by atoms with Crippen LogP contribution >= 0.6 is 0 Å². The van der Waals surface area contributed by atoms with E-state index in [0.29, 0.717) is 22.7 Å². The van der Waals surface area contributed by atoms with Gasteiger partial charge in [0.1, 0.15) is 0 Å². The Balaban J connectivity index is 2.51. The molecule has 0 aromatic heterocycles. The highest BCUT2D eigenvalue weighted by Gasteiger charge is 2.44. The van der Waals surface area contributed by atoms with E-state index >= 15 is 0 Å². The molecule has 3 N–H and O–H groups in total. The van der Waals surface area contributed by atoms with E-state index in [2.05, 4.69) is 39.6 Å². The van der Waals surface area contributed by atoms with Crippen molar-refractivity contribution in [3.63, 3.8) is 0 Å². The number of nitrogens with zero attached hydrogens (tertiary/aromatic N) is 1. The van der Waals surface area contributed by atoms with Gasteiger partial charge in [-0.3, -0.25) is 5.41 Å². The van der Waals surface area contributed by atoms with E-state index in [0.717, 1.165) is 13.0 Å². The molecule has 1 aliphatic carbocycles. The lowest BCUT2D eigenvalue weighted by molar-refractivity contribution is 0.118. The van der Waals surface area contributed by atoms with Gasteiger partial charge >= 0.3 is 0 Å². The van der Waals surface area contributed by atoms with E-state index < -0.39 is 0 Å². The minimum absolute atomic E-state index is 0.307. The van der Waals surface area contributed by atoms with E-state index in [1.165, 1.54) is 12.8 Å². The van der Waals surface area contributed by atoms with Gasteiger partial charge in [0.25, 0.3) is 0 Å². The first-order chi connectivity index (χ1) is 7.16. The topological polar surface area (TPSA) is 53.1 Å². The number of nitrogens with two attached hydrogens (primary N) is 1. The Morgan fingerprint density at radius 2 is 1.94 bits per heavy atom. The normalized spacial score (nSPS) is 20.9. The van der Waals surface area contributed by atoms with Crippen molar-refractivity contribution in [3.8, 4) is 0 Å². The molecule has 1 fully saturated rings. The summed E-state index contributed by atoms with van der Waals surface area (Å²) >= 11 is 0. The molecule has 1 atom stereocenters. The summed E-state index contributed by atoms with van der Waals surface area (Å²) in [4.78, 5) is 2.43. The highest BCUT2D eigenvalue weighted by Crippen LogP contribution is 2.49. The summed E-state index contributed by atoms with van der Waals surface area (Å²) in [5.74, 6) is 0.342. The van der Waals surface area contributed by atoms with Crippen LogP contribution in [-0.4, -0.2) is 30.4 Å². The Morgan fingerprint density at radius 3 is 2.25 bits per heavy atom. The highest BCUT2D eigenvalue weighted by atomic mass is 15.1. The fourth-order valence-corrected chi connectivity index (χ4v) is 2.30. The summed E-state index contributed by atoms with van der Waals surface area (Å²) in [7, 11) is 2.19. The van der Waals surface area contributed by atoms with E-state index in [4.69, 9.17) is 11.1 Å². The van der Waals surface area contributed by atoms with Crippen LogP contribution in [0.1, 0.15) is 47.0 Å². The second kappa shape index (κ2) is 4.36. The molecule has 0 amide bonds. The van der Waals surface area contributed by atoms with Crippen molar-refractivity contribution in [2.75, 3.05) is 13.6 Å². The maximum atomic E-state index is 7.42. The molecule has 0 bridgehead atoms. The summed E-state index contributed by atoms with van der Waals surface area (Å²) < 4.78 is 0. The molecular weight excluding hydrogens is 198 g/mol. The lowest BCUT2D eigenvalue weighted by atomic mass is 9.86. The summed E-state index contributed by atoms with van der Waals surface area (Å²) in [5.41, 5.74) is 6.15. The van der Waals surface area contributed by atoms with Gasteiger partial charge in [-0.2, -0.15) is 0 Å². The van der Waals surface area contributed by atoms with Gasteiger partial charge in [-0.05, 0) is 37.6 Å². The van der Waals surface area contributed by atoms with Gasteiger partial charge in [0.2, 0.25) is 0 Å². The van der Waals surface area contributed by atoms with E-state index in [1.807, 2.05) is 0 Å². The van der Waals surface area contributed by atoms with Crippen LogP contribution in [0, 0.1) is 16.2 Å². The Hall–Kier alpha value is -0.570. The number of hydrogen-bond acceptors (Lipinski definition) is 2. The largest absolute Gasteiger partial charge is 0.388 e. The lowest BCUT2D eigenvalue weighted by Crippen LogP contribution is -2.42. The minimum atomic E-state index is 0.307. The third-order valence-corrected chi connectivity index (χ3v) is 4.02. The van der Waals surface area contributed by atoms with E-state index in [-0.39, 0.29) is 0 Å². The summed E-state index contributed by atoms with van der Waals surface area (Å²) in [6.45, 7) is 10.2. The van der Waals surface area contributed by atoms with Crippen molar-refractivity contribution in [1.29, 1.82) is 5.41 Å². The van der Waals surface area contributed by atoms with Crippen LogP contribution in [0.2, 0.25) is 0 Å². The van der Waals surface area contributed by atoms with Crippen LogP contribution in [0.15, 0.2) is 0 Å². The Bertz CT molecular complexity index is 261. The molecule has 3 nitrogen and oxygen atoms in total.